The molecule has 23 heavy (non-hydrogen) atoms. The van der Waals surface area contributed by atoms with Crippen molar-refractivity contribution in [3.05, 3.63) is 53.1 Å². The summed E-state index contributed by atoms with van der Waals surface area (Å²) in [6, 6.07) is 7.96. The quantitative estimate of drug-likeness (QED) is 0.295. The van der Waals surface area contributed by atoms with Gasteiger partial charge in [0.05, 0.1) is 6.61 Å². The fourth-order valence-corrected chi connectivity index (χ4v) is 1.95. The molecular formula is C19H26O4. The second-order valence-corrected chi connectivity index (χ2v) is 4.88. The van der Waals surface area contributed by atoms with Crippen molar-refractivity contribution in [1.29, 1.82) is 0 Å². The van der Waals surface area contributed by atoms with E-state index in [2.05, 4.69) is 0 Å². The zero-order valence-electron chi connectivity index (χ0n) is 14.4. The fraction of sp³-hybridized carbons (Fsp3) is 0.421. The van der Waals surface area contributed by atoms with Crippen molar-refractivity contribution in [2.45, 2.75) is 34.0 Å². The maximum Gasteiger partial charge on any atom is 0.330 e. The summed E-state index contributed by atoms with van der Waals surface area (Å²) in [5.74, 6) is -0.318. The van der Waals surface area contributed by atoms with Crippen LogP contribution in [0.1, 0.15) is 45.1 Å². The number of hydrogen-bond acceptors (Lipinski definition) is 4. The third kappa shape index (κ3) is 7.26. The van der Waals surface area contributed by atoms with E-state index in [1.807, 2.05) is 57.2 Å². The van der Waals surface area contributed by atoms with E-state index in [-0.39, 0.29) is 12.3 Å². The van der Waals surface area contributed by atoms with E-state index in [4.69, 9.17) is 14.2 Å². The van der Waals surface area contributed by atoms with Gasteiger partial charge in [-0.05, 0) is 38.8 Å². The van der Waals surface area contributed by atoms with E-state index in [0.29, 0.717) is 19.8 Å². The molecule has 0 amide bonds. The minimum atomic E-state index is -0.325. The van der Waals surface area contributed by atoms with E-state index in [0.717, 1.165) is 16.7 Å². The summed E-state index contributed by atoms with van der Waals surface area (Å²) in [5.41, 5.74) is 2.87. The molecule has 0 bridgehead atoms. The van der Waals surface area contributed by atoms with Crippen molar-refractivity contribution in [1.82, 2.24) is 0 Å². The Bertz CT molecular complexity index is 523. The van der Waals surface area contributed by atoms with Crippen LogP contribution in [0.2, 0.25) is 0 Å². The first kappa shape index (κ1) is 19.1. The lowest BCUT2D eigenvalue weighted by atomic mass is 10.1. The number of esters is 1. The van der Waals surface area contributed by atoms with Gasteiger partial charge in [0.1, 0.15) is 0 Å². The molecule has 126 valence electrons. The van der Waals surface area contributed by atoms with Gasteiger partial charge in [-0.25, -0.2) is 4.79 Å². The van der Waals surface area contributed by atoms with Crippen molar-refractivity contribution in [3.8, 4) is 0 Å². The van der Waals surface area contributed by atoms with E-state index in [9.17, 15) is 4.79 Å². The van der Waals surface area contributed by atoms with Gasteiger partial charge in [-0.15, -0.1) is 0 Å². The van der Waals surface area contributed by atoms with Crippen LogP contribution in [0.15, 0.2) is 42.0 Å². The monoisotopic (exact) mass is 318 g/mol. The molecule has 4 heteroatoms. The Labute approximate surface area is 138 Å². The highest BCUT2D eigenvalue weighted by atomic mass is 16.7. The summed E-state index contributed by atoms with van der Waals surface area (Å²) >= 11 is 0. The van der Waals surface area contributed by atoms with Gasteiger partial charge in [0.2, 0.25) is 0 Å². The van der Waals surface area contributed by atoms with Crippen LogP contribution < -0.4 is 0 Å². The number of rotatable bonds is 9. The van der Waals surface area contributed by atoms with Crippen LogP contribution in [0.5, 0.6) is 0 Å². The highest BCUT2D eigenvalue weighted by Crippen LogP contribution is 2.20. The number of hydrogen-bond donors (Lipinski definition) is 0. The molecule has 0 aromatic heterocycles. The van der Waals surface area contributed by atoms with Gasteiger partial charge in [0.15, 0.2) is 6.29 Å². The summed E-state index contributed by atoms with van der Waals surface area (Å²) in [6.45, 7) is 9.13. The Morgan fingerprint density at radius 1 is 1.04 bits per heavy atom. The van der Waals surface area contributed by atoms with Crippen LogP contribution >= 0.6 is 0 Å². The van der Waals surface area contributed by atoms with Crippen LogP contribution in [0.25, 0.3) is 6.08 Å². The Kier molecular flexibility index (Phi) is 8.95. The lowest BCUT2D eigenvalue weighted by molar-refractivity contribution is -0.140. The van der Waals surface area contributed by atoms with Crippen LogP contribution in [0, 0.1) is 0 Å². The van der Waals surface area contributed by atoms with E-state index in [1.165, 1.54) is 6.08 Å². The molecule has 0 atom stereocenters. The second-order valence-electron chi connectivity index (χ2n) is 4.88. The van der Waals surface area contributed by atoms with E-state index >= 15 is 0 Å². The molecule has 0 aliphatic heterocycles. The Morgan fingerprint density at radius 2 is 1.65 bits per heavy atom. The first-order valence-electron chi connectivity index (χ1n) is 7.97. The Morgan fingerprint density at radius 3 is 2.17 bits per heavy atom. The number of carbonyl (C=O) groups excluding carboxylic acids is 1. The fourth-order valence-electron chi connectivity index (χ4n) is 1.95. The first-order valence-corrected chi connectivity index (χ1v) is 7.97. The summed E-state index contributed by atoms with van der Waals surface area (Å²) in [4.78, 5) is 11.3. The van der Waals surface area contributed by atoms with Crippen LogP contribution in [-0.2, 0) is 19.0 Å². The van der Waals surface area contributed by atoms with Gasteiger partial charge in [-0.2, -0.15) is 0 Å². The molecule has 1 rings (SSSR count). The van der Waals surface area contributed by atoms with E-state index < -0.39 is 0 Å². The third-order valence-corrected chi connectivity index (χ3v) is 3.02. The SMILES string of the molecule is CCOC(=O)/C=C(C)/C=C/c1ccc(C(OCC)OCC)cc1. The Hall–Kier alpha value is -1.91. The average molecular weight is 318 g/mol. The molecule has 1 aromatic rings. The largest absolute Gasteiger partial charge is 0.463 e. The zero-order valence-corrected chi connectivity index (χ0v) is 14.4. The third-order valence-electron chi connectivity index (χ3n) is 3.02. The summed E-state index contributed by atoms with van der Waals surface area (Å²) < 4.78 is 16.0. The molecule has 0 saturated carbocycles. The van der Waals surface area contributed by atoms with Crippen molar-refractivity contribution < 1.29 is 19.0 Å². The predicted molar refractivity (Wildman–Crippen MR) is 91.9 cm³/mol. The van der Waals surface area contributed by atoms with Crippen molar-refractivity contribution >= 4 is 12.0 Å². The normalized spacial score (nSPS) is 12.1. The van der Waals surface area contributed by atoms with Gasteiger partial charge in [-0.3, -0.25) is 0 Å². The first-order chi connectivity index (χ1) is 11.1. The molecule has 0 saturated heterocycles. The molecule has 1 aromatic carbocycles. The molecule has 0 aliphatic rings. The Balaban J connectivity index is 2.72. The topological polar surface area (TPSA) is 44.8 Å². The van der Waals surface area contributed by atoms with Crippen molar-refractivity contribution in [3.63, 3.8) is 0 Å². The molecule has 0 heterocycles. The lowest BCUT2D eigenvalue weighted by Crippen LogP contribution is -2.08. The molecule has 0 unspecified atom stereocenters. The van der Waals surface area contributed by atoms with Crippen LogP contribution in [0.4, 0.5) is 0 Å². The average Bonchev–Trinajstić information content (AvgIpc) is 2.53. The number of carbonyl (C=O) groups is 1. The van der Waals surface area contributed by atoms with Gasteiger partial charge in [0, 0.05) is 24.9 Å². The predicted octanol–water partition coefficient (Wildman–Crippen LogP) is 4.28. The van der Waals surface area contributed by atoms with Gasteiger partial charge >= 0.3 is 5.97 Å². The van der Waals surface area contributed by atoms with Crippen molar-refractivity contribution in [2.75, 3.05) is 19.8 Å². The summed E-state index contributed by atoms with van der Waals surface area (Å²) in [6.07, 6.45) is 4.99. The van der Waals surface area contributed by atoms with Gasteiger partial charge < -0.3 is 14.2 Å². The zero-order chi connectivity index (χ0) is 17.1. The molecule has 4 nitrogen and oxygen atoms in total. The smallest absolute Gasteiger partial charge is 0.330 e. The minimum absolute atomic E-state index is 0.318. The lowest BCUT2D eigenvalue weighted by Gasteiger charge is -2.17. The number of ether oxygens (including phenoxy) is 3. The number of allylic oxidation sites excluding steroid dienone is 2. The molecule has 0 spiro atoms. The molecular weight excluding hydrogens is 292 g/mol. The van der Waals surface area contributed by atoms with Gasteiger partial charge in [-0.1, -0.05) is 36.4 Å². The minimum Gasteiger partial charge on any atom is -0.463 e. The van der Waals surface area contributed by atoms with Crippen LogP contribution in [-0.4, -0.2) is 25.8 Å². The van der Waals surface area contributed by atoms with E-state index in [1.54, 1.807) is 6.92 Å². The highest BCUT2D eigenvalue weighted by molar-refractivity contribution is 5.83. The number of benzene rings is 1. The second kappa shape index (κ2) is 10.8. The summed E-state index contributed by atoms with van der Waals surface area (Å²) in [7, 11) is 0. The van der Waals surface area contributed by atoms with Crippen molar-refractivity contribution in [2.24, 2.45) is 0 Å². The summed E-state index contributed by atoms with van der Waals surface area (Å²) in [5, 5.41) is 0. The molecule has 0 radical (unpaired) electrons. The maximum atomic E-state index is 11.3. The van der Waals surface area contributed by atoms with Crippen LogP contribution in [0.3, 0.4) is 0 Å². The molecule has 0 N–H and O–H groups in total. The molecule has 0 aliphatic carbocycles. The molecule has 0 fully saturated rings. The standard InChI is InChI=1S/C19H26O4/c1-5-21-18(20)14-15(4)8-9-16-10-12-17(13-11-16)19(22-6-2)23-7-3/h8-14,19H,5-7H2,1-4H3/b9-8+,15-14+. The maximum absolute atomic E-state index is 11.3. The van der Waals surface area contributed by atoms with Gasteiger partial charge in [0.25, 0.3) is 0 Å². The highest BCUT2D eigenvalue weighted by Gasteiger charge is 2.10.